The third-order valence-corrected chi connectivity index (χ3v) is 7.94. The summed E-state index contributed by atoms with van der Waals surface area (Å²) in [5, 5.41) is -0.324. The fourth-order valence-electron chi connectivity index (χ4n) is 3.87. The van der Waals surface area contributed by atoms with Crippen LogP contribution in [0.4, 0.5) is 9.18 Å². The first kappa shape index (κ1) is 28.4. The fraction of sp³-hybridized carbons (Fsp3) is 0.241. The number of imide groups is 1. The van der Waals surface area contributed by atoms with E-state index in [1.165, 1.54) is 17.0 Å². The number of hydrogen-bond donors (Lipinski definition) is 0. The van der Waals surface area contributed by atoms with Gasteiger partial charge in [-0.25, -0.2) is 4.39 Å². The topological polar surface area (TPSA) is 55.8 Å². The van der Waals surface area contributed by atoms with Gasteiger partial charge in [-0.05, 0) is 115 Å². The van der Waals surface area contributed by atoms with E-state index >= 15 is 0 Å². The zero-order valence-electron chi connectivity index (χ0n) is 21.1. The summed E-state index contributed by atoms with van der Waals surface area (Å²) in [5.74, 6) is 1.00. The summed E-state index contributed by atoms with van der Waals surface area (Å²) in [7, 11) is 0. The smallest absolute Gasteiger partial charge is 0.293 e. The van der Waals surface area contributed by atoms with E-state index in [0.29, 0.717) is 25.5 Å². The fourth-order valence-corrected chi connectivity index (χ4v) is 6.19. The summed E-state index contributed by atoms with van der Waals surface area (Å²) in [6.45, 7) is 6.83. The van der Waals surface area contributed by atoms with Gasteiger partial charge in [0.25, 0.3) is 11.1 Å². The van der Waals surface area contributed by atoms with Crippen molar-refractivity contribution < 1.29 is 23.5 Å². The number of thioether (sulfide) groups is 1. The highest BCUT2D eigenvalue weighted by molar-refractivity contribution is 9.11. The van der Waals surface area contributed by atoms with Gasteiger partial charge < -0.3 is 9.47 Å². The number of carbonyl (C=O) groups is 2. The molecule has 1 fully saturated rings. The van der Waals surface area contributed by atoms with Crippen molar-refractivity contribution in [3.8, 4) is 11.5 Å². The summed E-state index contributed by atoms with van der Waals surface area (Å²) >= 11 is 7.95. The molecule has 0 aliphatic carbocycles. The summed E-state index contributed by atoms with van der Waals surface area (Å²) in [6, 6.07) is 15.8. The van der Waals surface area contributed by atoms with Crippen LogP contribution >= 0.6 is 43.6 Å². The quantitative estimate of drug-likeness (QED) is 0.215. The first-order valence-corrected chi connectivity index (χ1v) is 14.4. The highest BCUT2D eigenvalue weighted by Gasteiger charge is 2.35. The number of nitrogens with zero attached hydrogens (tertiary/aromatic N) is 1. The largest absolute Gasteiger partial charge is 0.491 e. The van der Waals surface area contributed by atoms with E-state index in [1.807, 2.05) is 37.3 Å². The van der Waals surface area contributed by atoms with Gasteiger partial charge in [0.1, 0.15) is 30.5 Å². The number of halogens is 3. The van der Waals surface area contributed by atoms with Crippen molar-refractivity contribution >= 4 is 60.8 Å². The van der Waals surface area contributed by atoms with E-state index in [4.69, 9.17) is 9.47 Å². The molecular formula is C29H26Br2FNO4S. The summed E-state index contributed by atoms with van der Waals surface area (Å²) in [4.78, 5) is 27.1. The molecule has 3 aromatic carbocycles. The Balaban J connectivity index is 1.41. The first-order chi connectivity index (χ1) is 18.1. The molecule has 0 atom stereocenters. The molecule has 1 aliphatic heterocycles. The van der Waals surface area contributed by atoms with Crippen LogP contribution in [0.5, 0.6) is 11.5 Å². The molecule has 1 aliphatic rings. The minimum absolute atomic E-state index is 0.164. The zero-order valence-corrected chi connectivity index (χ0v) is 25.1. The standard InChI is InChI=1S/C29H26Br2FNO4S/c1-17(2)22-9-4-18(3)12-25(22)36-11-10-33-28(34)26(38-29(33)35)15-20-13-23(30)27(24(31)14-20)37-16-19-5-7-21(32)8-6-19/h4-9,12-15,17H,10-11,16H2,1-3H3/b26-15-. The van der Waals surface area contributed by atoms with Gasteiger partial charge in [0.2, 0.25) is 0 Å². The van der Waals surface area contributed by atoms with Crippen molar-refractivity contribution in [3.63, 3.8) is 0 Å². The van der Waals surface area contributed by atoms with Crippen molar-refractivity contribution in [1.29, 1.82) is 0 Å². The molecule has 0 unspecified atom stereocenters. The van der Waals surface area contributed by atoms with E-state index in [1.54, 1.807) is 18.2 Å². The Kier molecular flexibility index (Phi) is 9.33. The average molecular weight is 663 g/mol. The lowest BCUT2D eigenvalue weighted by molar-refractivity contribution is -0.123. The Morgan fingerprint density at radius 3 is 2.34 bits per heavy atom. The van der Waals surface area contributed by atoms with Crippen molar-refractivity contribution in [2.75, 3.05) is 13.2 Å². The number of amides is 2. The van der Waals surface area contributed by atoms with Crippen LogP contribution in [-0.4, -0.2) is 29.2 Å². The Morgan fingerprint density at radius 2 is 1.68 bits per heavy atom. The molecular weight excluding hydrogens is 637 g/mol. The maximum atomic E-state index is 13.1. The van der Waals surface area contributed by atoms with Gasteiger partial charge in [-0.2, -0.15) is 0 Å². The minimum Gasteiger partial charge on any atom is -0.491 e. The van der Waals surface area contributed by atoms with Crippen LogP contribution in [0.15, 0.2) is 68.4 Å². The van der Waals surface area contributed by atoms with Crippen LogP contribution in [0.1, 0.15) is 42.0 Å². The predicted molar refractivity (Wildman–Crippen MR) is 156 cm³/mol. The number of benzene rings is 3. The lowest BCUT2D eigenvalue weighted by Gasteiger charge is -2.17. The van der Waals surface area contributed by atoms with E-state index in [2.05, 4.69) is 45.7 Å². The lowest BCUT2D eigenvalue weighted by Crippen LogP contribution is -2.32. The van der Waals surface area contributed by atoms with Crippen molar-refractivity contribution in [1.82, 2.24) is 4.90 Å². The Bertz CT molecular complexity index is 1370. The van der Waals surface area contributed by atoms with Crippen LogP contribution in [0.25, 0.3) is 6.08 Å². The van der Waals surface area contributed by atoms with Crippen molar-refractivity contribution in [3.05, 3.63) is 96.5 Å². The van der Waals surface area contributed by atoms with Crippen molar-refractivity contribution in [2.24, 2.45) is 0 Å². The molecule has 2 amide bonds. The van der Waals surface area contributed by atoms with E-state index in [9.17, 15) is 14.0 Å². The number of aryl methyl sites for hydroxylation is 1. The van der Waals surface area contributed by atoms with Gasteiger partial charge in [0.15, 0.2) is 0 Å². The summed E-state index contributed by atoms with van der Waals surface area (Å²) in [6.07, 6.45) is 1.68. The summed E-state index contributed by atoms with van der Waals surface area (Å²) < 4.78 is 26.4. The van der Waals surface area contributed by atoms with Gasteiger partial charge in [0, 0.05) is 0 Å². The van der Waals surface area contributed by atoms with Gasteiger partial charge in [-0.1, -0.05) is 38.1 Å². The SMILES string of the molecule is Cc1ccc(C(C)C)c(OCCN2C(=O)S/C(=C\c3cc(Br)c(OCc4ccc(F)cc4)c(Br)c3)C2=O)c1. The molecule has 3 aromatic rings. The number of ether oxygens (including phenoxy) is 2. The molecule has 0 saturated carbocycles. The molecule has 0 radical (unpaired) electrons. The lowest BCUT2D eigenvalue weighted by atomic mass is 10.0. The van der Waals surface area contributed by atoms with E-state index in [-0.39, 0.29) is 36.7 Å². The normalized spacial score (nSPS) is 14.6. The third-order valence-electron chi connectivity index (χ3n) is 5.85. The maximum absolute atomic E-state index is 13.1. The minimum atomic E-state index is -0.346. The zero-order chi connectivity index (χ0) is 27.4. The van der Waals surface area contributed by atoms with Gasteiger partial charge in [-0.3, -0.25) is 14.5 Å². The van der Waals surface area contributed by atoms with Crippen molar-refractivity contribution in [2.45, 2.75) is 33.3 Å². The van der Waals surface area contributed by atoms with Crippen LogP contribution in [0.3, 0.4) is 0 Å². The second-order valence-electron chi connectivity index (χ2n) is 9.11. The van der Waals surface area contributed by atoms with E-state index < -0.39 is 0 Å². The molecule has 1 heterocycles. The van der Waals surface area contributed by atoms with E-state index in [0.717, 1.165) is 39.8 Å². The van der Waals surface area contributed by atoms with Crippen LogP contribution < -0.4 is 9.47 Å². The Labute approximate surface area is 242 Å². The van der Waals surface area contributed by atoms with Crippen LogP contribution in [-0.2, 0) is 11.4 Å². The number of carbonyl (C=O) groups excluding carboxylic acids is 2. The second-order valence-corrected chi connectivity index (χ2v) is 11.8. The molecule has 1 saturated heterocycles. The van der Waals surface area contributed by atoms with Gasteiger partial charge >= 0.3 is 0 Å². The van der Waals surface area contributed by atoms with Gasteiger partial charge in [-0.15, -0.1) is 0 Å². The molecule has 38 heavy (non-hydrogen) atoms. The molecule has 0 bridgehead atoms. The molecule has 0 N–H and O–H groups in total. The molecule has 0 spiro atoms. The number of rotatable bonds is 9. The maximum Gasteiger partial charge on any atom is 0.293 e. The first-order valence-electron chi connectivity index (χ1n) is 12.0. The van der Waals surface area contributed by atoms with Crippen LogP contribution in [0, 0.1) is 12.7 Å². The molecule has 198 valence electrons. The molecule has 9 heteroatoms. The molecule has 4 rings (SSSR count). The highest BCUT2D eigenvalue weighted by Crippen LogP contribution is 2.38. The number of hydrogen-bond acceptors (Lipinski definition) is 5. The Hall–Kier alpha value is -2.62. The third kappa shape index (κ3) is 6.87. The average Bonchev–Trinajstić information content (AvgIpc) is 3.11. The summed E-state index contributed by atoms with van der Waals surface area (Å²) in [5.41, 5.74) is 3.73. The monoisotopic (exact) mass is 661 g/mol. The predicted octanol–water partition coefficient (Wildman–Crippen LogP) is 8.48. The highest BCUT2D eigenvalue weighted by atomic mass is 79.9. The molecule has 0 aromatic heterocycles. The van der Waals surface area contributed by atoms with Gasteiger partial charge in [0.05, 0.1) is 20.4 Å². The second kappa shape index (κ2) is 12.5. The van der Waals surface area contributed by atoms with Crippen LogP contribution in [0.2, 0.25) is 0 Å². The Morgan fingerprint density at radius 1 is 1.00 bits per heavy atom. The molecule has 5 nitrogen and oxygen atoms in total.